The van der Waals surface area contributed by atoms with Crippen molar-refractivity contribution in [1.82, 2.24) is 10.3 Å². The van der Waals surface area contributed by atoms with Crippen LogP contribution in [0.15, 0.2) is 34.9 Å². The maximum absolute atomic E-state index is 6.11. The lowest BCUT2D eigenvalue weighted by molar-refractivity contribution is 0.453. The predicted octanol–water partition coefficient (Wildman–Crippen LogP) is 5.05. The number of benzene rings is 1. The summed E-state index contributed by atoms with van der Waals surface area (Å²) >= 11 is 15.4. The molecule has 0 aliphatic heterocycles. The molecule has 0 aliphatic carbocycles. The van der Waals surface area contributed by atoms with Gasteiger partial charge in [-0.1, -0.05) is 30.1 Å². The zero-order valence-corrected chi connectivity index (χ0v) is 13.9. The number of hydrogen-bond acceptors (Lipinski definition) is 3. The van der Waals surface area contributed by atoms with E-state index < -0.39 is 0 Å². The Morgan fingerprint density at radius 3 is 2.80 bits per heavy atom. The highest BCUT2D eigenvalue weighted by Gasteiger charge is 2.10. The first-order chi connectivity index (χ1) is 9.60. The van der Waals surface area contributed by atoms with E-state index in [2.05, 4.69) is 26.2 Å². The van der Waals surface area contributed by atoms with E-state index >= 15 is 0 Å². The molecule has 3 nitrogen and oxygen atoms in total. The van der Waals surface area contributed by atoms with Gasteiger partial charge >= 0.3 is 0 Å². The third kappa shape index (κ3) is 4.09. The van der Waals surface area contributed by atoms with Crippen LogP contribution in [-0.2, 0) is 6.54 Å². The van der Waals surface area contributed by atoms with Crippen molar-refractivity contribution in [2.75, 3.05) is 6.54 Å². The minimum absolute atomic E-state index is 0.455. The smallest absolute Gasteiger partial charge is 0.223 e. The Bertz CT molecular complexity index is 608. The van der Waals surface area contributed by atoms with Gasteiger partial charge in [0.2, 0.25) is 5.88 Å². The van der Waals surface area contributed by atoms with Crippen molar-refractivity contribution in [3.63, 3.8) is 0 Å². The quantitative estimate of drug-likeness (QED) is 0.793. The number of aromatic nitrogens is 1. The second kappa shape index (κ2) is 7.27. The van der Waals surface area contributed by atoms with E-state index in [9.17, 15) is 0 Å². The normalized spacial score (nSPS) is 10.6. The third-order valence-electron chi connectivity index (χ3n) is 2.56. The molecule has 1 heterocycles. The molecule has 0 saturated carbocycles. The van der Waals surface area contributed by atoms with Crippen LogP contribution in [0, 0.1) is 0 Å². The molecule has 0 atom stereocenters. The molecule has 0 saturated heterocycles. The van der Waals surface area contributed by atoms with E-state index in [0.29, 0.717) is 28.2 Å². The molecule has 1 aromatic heterocycles. The fourth-order valence-electron chi connectivity index (χ4n) is 1.61. The molecule has 1 N–H and O–H groups in total. The molecule has 6 heteroatoms. The summed E-state index contributed by atoms with van der Waals surface area (Å²) in [7, 11) is 0. The monoisotopic (exact) mass is 374 g/mol. The summed E-state index contributed by atoms with van der Waals surface area (Å²) in [6, 6.07) is 7.06. The molecule has 2 rings (SSSR count). The summed E-state index contributed by atoms with van der Waals surface area (Å²) in [5, 5.41) is 4.27. The second-order valence-corrected chi connectivity index (χ2v) is 5.83. The van der Waals surface area contributed by atoms with Crippen LogP contribution in [0.4, 0.5) is 0 Å². The number of halogens is 3. The SMILES string of the molecule is CCNCc1cc(Br)cnc1Oc1ccc(Cl)cc1Cl. The molecule has 0 aliphatic rings. The van der Waals surface area contributed by atoms with Gasteiger partial charge in [-0.2, -0.15) is 0 Å². The Balaban J connectivity index is 2.27. The van der Waals surface area contributed by atoms with Gasteiger partial charge in [0.05, 0.1) is 5.02 Å². The topological polar surface area (TPSA) is 34.2 Å². The summed E-state index contributed by atoms with van der Waals surface area (Å²) in [6.07, 6.45) is 1.69. The molecule has 0 bridgehead atoms. The van der Waals surface area contributed by atoms with Gasteiger partial charge in [0, 0.05) is 27.8 Å². The Hall–Kier alpha value is -0.810. The molecule has 0 fully saturated rings. The lowest BCUT2D eigenvalue weighted by Crippen LogP contribution is -2.13. The number of nitrogens with zero attached hydrogens (tertiary/aromatic N) is 1. The van der Waals surface area contributed by atoms with Gasteiger partial charge in [-0.25, -0.2) is 4.98 Å². The maximum atomic E-state index is 6.11. The highest BCUT2D eigenvalue weighted by atomic mass is 79.9. The Kier molecular flexibility index (Phi) is 5.66. The molecular formula is C14H13BrCl2N2O. The summed E-state index contributed by atoms with van der Waals surface area (Å²) in [5.41, 5.74) is 0.951. The number of ether oxygens (including phenoxy) is 1. The third-order valence-corrected chi connectivity index (χ3v) is 3.52. The fraction of sp³-hybridized carbons (Fsp3) is 0.214. The van der Waals surface area contributed by atoms with E-state index in [4.69, 9.17) is 27.9 Å². The van der Waals surface area contributed by atoms with Crippen molar-refractivity contribution in [3.8, 4) is 11.6 Å². The minimum Gasteiger partial charge on any atom is -0.437 e. The fourth-order valence-corrected chi connectivity index (χ4v) is 2.43. The summed E-state index contributed by atoms with van der Waals surface area (Å²) < 4.78 is 6.69. The summed E-state index contributed by atoms with van der Waals surface area (Å²) in [6.45, 7) is 3.58. The molecule has 0 unspecified atom stereocenters. The highest BCUT2D eigenvalue weighted by Crippen LogP contribution is 2.32. The largest absolute Gasteiger partial charge is 0.437 e. The average Bonchev–Trinajstić information content (AvgIpc) is 2.41. The molecule has 0 radical (unpaired) electrons. The first kappa shape index (κ1) is 15.6. The van der Waals surface area contributed by atoms with E-state index in [-0.39, 0.29) is 0 Å². The van der Waals surface area contributed by atoms with Gasteiger partial charge in [0.1, 0.15) is 5.75 Å². The summed E-state index contributed by atoms with van der Waals surface area (Å²) in [5.74, 6) is 1.06. The van der Waals surface area contributed by atoms with Crippen molar-refractivity contribution in [2.45, 2.75) is 13.5 Å². The molecule has 2 aromatic rings. The zero-order valence-electron chi connectivity index (χ0n) is 10.8. The van der Waals surface area contributed by atoms with Gasteiger partial charge in [-0.3, -0.25) is 0 Å². The maximum Gasteiger partial charge on any atom is 0.223 e. The number of hydrogen-bond donors (Lipinski definition) is 1. The Morgan fingerprint density at radius 2 is 2.10 bits per heavy atom. The standard InChI is InChI=1S/C14H13BrCl2N2O/c1-2-18-7-9-5-10(15)8-19-14(9)20-13-4-3-11(16)6-12(13)17/h3-6,8,18H,2,7H2,1H3. The average molecular weight is 376 g/mol. The second-order valence-electron chi connectivity index (χ2n) is 4.07. The van der Waals surface area contributed by atoms with Crippen molar-refractivity contribution >= 4 is 39.1 Å². The molecule has 20 heavy (non-hydrogen) atoms. The van der Waals surface area contributed by atoms with E-state index in [1.54, 1.807) is 24.4 Å². The van der Waals surface area contributed by atoms with Crippen LogP contribution >= 0.6 is 39.1 Å². The van der Waals surface area contributed by atoms with Crippen LogP contribution in [0.3, 0.4) is 0 Å². The minimum atomic E-state index is 0.455. The van der Waals surface area contributed by atoms with Gasteiger partial charge in [0.25, 0.3) is 0 Å². The van der Waals surface area contributed by atoms with Crippen molar-refractivity contribution in [3.05, 3.63) is 50.5 Å². The van der Waals surface area contributed by atoms with Crippen LogP contribution in [-0.4, -0.2) is 11.5 Å². The van der Waals surface area contributed by atoms with Gasteiger partial charge in [-0.15, -0.1) is 0 Å². The number of pyridine rings is 1. The van der Waals surface area contributed by atoms with Crippen LogP contribution in [0.2, 0.25) is 10.0 Å². The van der Waals surface area contributed by atoms with Crippen molar-refractivity contribution in [1.29, 1.82) is 0 Å². The molecule has 0 spiro atoms. The van der Waals surface area contributed by atoms with E-state index in [1.165, 1.54) is 0 Å². The molecular weight excluding hydrogens is 363 g/mol. The number of rotatable bonds is 5. The first-order valence-corrected chi connectivity index (χ1v) is 7.63. The van der Waals surface area contributed by atoms with Crippen LogP contribution in [0.25, 0.3) is 0 Å². The van der Waals surface area contributed by atoms with Gasteiger partial charge in [0.15, 0.2) is 0 Å². The summed E-state index contributed by atoms with van der Waals surface area (Å²) in [4.78, 5) is 4.29. The molecule has 1 aromatic carbocycles. The molecule has 0 amide bonds. The van der Waals surface area contributed by atoms with Crippen LogP contribution in [0.1, 0.15) is 12.5 Å². The first-order valence-electron chi connectivity index (χ1n) is 6.08. The Morgan fingerprint density at radius 1 is 1.30 bits per heavy atom. The Labute approximate surface area is 136 Å². The van der Waals surface area contributed by atoms with Crippen molar-refractivity contribution in [2.24, 2.45) is 0 Å². The zero-order chi connectivity index (χ0) is 14.5. The van der Waals surface area contributed by atoms with E-state index in [0.717, 1.165) is 16.6 Å². The molecule has 106 valence electrons. The number of nitrogens with one attached hydrogen (secondary N) is 1. The van der Waals surface area contributed by atoms with Crippen LogP contribution in [0.5, 0.6) is 11.6 Å². The van der Waals surface area contributed by atoms with Crippen LogP contribution < -0.4 is 10.1 Å². The van der Waals surface area contributed by atoms with E-state index in [1.807, 2.05) is 13.0 Å². The van der Waals surface area contributed by atoms with Crippen molar-refractivity contribution < 1.29 is 4.74 Å². The predicted molar refractivity (Wildman–Crippen MR) is 85.9 cm³/mol. The lowest BCUT2D eigenvalue weighted by Gasteiger charge is -2.12. The lowest BCUT2D eigenvalue weighted by atomic mass is 10.2. The van der Waals surface area contributed by atoms with Gasteiger partial charge < -0.3 is 10.1 Å². The highest BCUT2D eigenvalue weighted by molar-refractivity contribution is 9.10. The van der Waals surface area contributed by atoms with Gasteiger partial charge in [-0.05, 0) is 46.7 Å².